The summed E-state index contributed by atoms with van der Waals surface area (Å²) in [6.07, 6.45) is 0. The zero-order chi connectivity index (χ0) is 19.9. The number of nitrogens with zero attached hydrogens (tertiary/aromatic N) is 1. The molecule has 0 unspecified atom stereocenters. The highest BCUT2D eigenvalue weighted by Gasteiger charge is 2.33. The van der Waals surface area contributed by atoms with Gasteiger partial charge in [-0.2, -0.15) is 4.31 Å². The summed E-state index contributed by atoms with van der Waals surface area (Å²) >= 11 is 5.93. The smallest absolute Gasteiger partial charge is 0.243 e. The number of hydrogen-bond donors (Lipinski definition) is 2. The summed E-state index contributed by atoms with van der Waals surface area (Å²) < 4.78 is 27.7. The summed E-state index contributed by atoms with van der Waals surface area (Å²) in [5, 5.41) is 3.50. The number of piperazine rings is 1. The maximum atomic E-state index is 13.1. The second-order valence-corrected chi connectivity index (χ2v) is 9.79. The molecule has 0 saturated carbocycles. The summed E-state index contributed by atoms with van der Waals surface area (Å²) in [5.74, 6) is -0.422. The Morgan fingerprint density at radius 2 is 1.82 bits per heavy atom. The van der Waals surface area contributed by atoms with E-state index in [0.29, 0.717) is 18.8 Å². The highest BCUT2D eigenvalue weighted by molar-refractivity contribution is 7.89. The molecule has 4 rings (SSSR count). The molecule has 0 aliphatic carbocycles. The summed E-state index contributed by atoms with van der Waals surface area (Å²) in [5.41, 5.74) is 2.65. The van der Waals surface area contributed by atoms with Gasteiger partial charge in [0.15, 0.2) is 0 Å². The summed E-state index contributed by atoms with van der Waals surface area (Å²) in [6, 6.07) is 12.7. The third kappa shape index (κ3) is 3.67. The van der Waals surface area contributed by atoms with E-state index in [2.05, 4.69) is 5.32 Å². The number of hydrogen-bond acceptors (Lipinski definition) is 3. The Morgan fingerprint density at radius 3 is 2.50 bits per heavy atom. The molecular formula is C20H23ClN3O3S+. The van der Waals surface area contributed by atoms with Crippen LogP contribution >= 0.6 is 11.6 Å². The van der Waals surface area contributed by atoms with Crippen LogP contribution in [0.25, 0.3) is 0 Å². The number of amides is 1. The average Bonchev–Trinajstić information content (AvgIpc) is 2.97. The topological polar surface area (TPSA) is 70.9 Å². The van der Waals surface area contributed by atoms with Crippen LogP contribution in [0.1, 0.15) is 24.0 Å². The van der Waals surface area contributed by atoms with E-state index < -0.39 is 10.0 Å². The van der Waals surface area contributed by atoms with Gasteiger partial charge in [0.25, 0.3) is 0 Å². The van der Waals surface area contributed by atoms with E-state index in [1.807, 2.05) is 24.3 Å². The van der Waals surface area contributed by atoms with Gasteiger partial charge in [0.05, 0.1) is 37.0 Å². The maximum Gasteiger partial charge on any atom is 0.243 e. The van der Waals surface area contributed by atoms with Crippen molar-refractivity contribution in [1.82, 2.24) is 4.31 Å². The molecule has 2 aromatic rings. The van der Waals surface area contributed by atoms with E-state index in [1.54, 1.807) is 29.4 Å². The largest absolute Gasteiger partial charge is 0.329 e. The molecule has 0 bridgehead atoms. The van der Waals surface area contributed by atoms with Gasteiger partial charge in [-0.25, -0.2) is 8.42 Å². The molecule has 2 aromatic carbocycles. The van der Waals surface area contributed by atoms with Crippen LogP contribution in [-0.2, 0) is 21.4 Å². The average molecular weight is 421 g/mol. The predicted octanol–water partition coefficient (Wildman–Crippen LogP) is 1.49. The minimum Gasteiger partial charge on any atom is -0.329 e. The fraction of sp³-hybridized carbons (Fsp3) is 0.350. The number of quaternary nitrogens is 1. The van der Waals surface area contributed by atoms with Crippen molar-refractivity contribution in [2.75, 3.05) is 31.5 Å². The second-order valence-electron chi connectivity index (χ2n) is 7.42. The number of rotatable bonds is 4. The van der Waals surface area contributed by atoms with Gasteiger partial charge >= 0.3 is 0 Å². The molecule has 0 aromatic heterocycles. The highest BCUT2D eigenvalue weighted by atomic mass is 35.5. The van der Waals surface area contributed by atoms with Gasteiger partial charge in [-0.1, -0.05) is 23.7 Å². The highest BCUT2D eigenvalue weighted by Crippen LogP contribution is 2.34. The van der Waals surface area contributed by atoms with E-state index in [9.17, 15) is 13.2 Å². The number of halogens is 1. The SMILES string of the molecule is C[C@H]1C(=O)Nc2ccc(S(=O)(=O)N3CC[NH+](Cc4ccc(Cl)cc4)CC3)cc21. The van der Waals surface area contributed by atoms with Crippen molar-refractivity contribution in [3.63, 3.8) is 0 Å². The van der Waals surface area contributed by atoms with Gasteiger partial charge in [0.1, 0.15) is 6.54 Å². The van der Waals surface area contributed by atoms with Crippen molar-refractivity contribution in [3.8, 4) is 0 Å². The van der Waals surface area contributed by atoms with Crippen molar-refractivity contribution in [3.05, 3.63) is 58.6 Å². The Bertz CT molecular complexity index is 1000. The predicted molar refractivity (Wildman–Crippen MR) is 108 cm³/mol. The van der Waals surface area contributed by atoms with Gasteiger partial charge in [-0.05, 0) is 42.8 Å². The van der Waals surface area contributed by atoms with Crippen molar-refractivity contribution >= 4 is 33.2 Å². The van der Waals surface area contributed by atoms with E-state index in [-0.39, 0.29) is 16.7 Å². The molecule has 1 saturated heterocycles. The standard InChI is InChI=1S/C20H22ClN3O3S/c1-14-18-12-17(6-7-19(18)22-20(14)25)28(26,27)24-10-8-23(9-11-24)13-15-2-4-16(21)5-3-15/h2-7,12,14H,8-11,13H2,1H3,(H,22,25)/p+1/t14-/m1/s1. The first kappa shape index (κ1) is 19.4. The number of sulfonamides is 1. The fourth-order valence-electron chi connectivity index (χ4n) is 3.82. The number of carbonyl (C=O) groups excluding carboxylic acids is 1. The lowest BCUT2D eigenvalue weighted by molar-refractivity contribution is -0.917. The third-order valence-electron chi connectivity index (χ3n) is 5.58. The molecule has 0 radical (unpaired) electrons. The first-order valence-electron chi connectivity index (χ1n) is 9.37. The number of fused-ring (bicyclic) bond motifs is 1. The fourth-order valence-corrected chi connectivity index (χ4v) is 5.42. The Hall–Kier alpha value is -1.93. The molecule has 28 heavy (non-hydrogen) atoms. The van der Waals surface area contributed by atoms with E-state index in [4.69, 9.17) is 11.6 Å². The monoisotopic (exact) mass is 420 g/mol. The molecule has 148 valence electrons. The molecule has 2 heterocycles. The van der Waals surface area contributed by atoms with E-state index >= 15 is 0 Å². The third-order valence-corrected chi connectivity index (χ3v) is 7.72. The first-order valence-corrected chi connectivity index (χ1v) is 11.2. The minimum absolute atomic E-state index is 0.0936. The molecule has 2 aliphatic heterocycles. The van der Waals surface area contributed by atoms with Crippen molar-refractivity contribution in [1.29, 1.82) is 0 Å². The molecule has 2 N–H and O–H groups in total. The van der Waals surface area contributed by atoms with Crippen LogP contribution < -0.4 is 10.2 Å². The van der Waals surface area contributed by atoms with Crippen LogP contribution in [0.4, 0.5) is 5.69 Å². The summed E-state index contributed by atoms with van der Waals surface area (Å²) in [6.45, 7) is 5.11. The molecule has 2 aliphatic rings. The zero-order valence-electron chi connectivity index (χ0n) is 15.6. The lowest BCUT2D eigenvalue weighted by Crippen LogP contribution is -3.13. The van der Waals surface area contributed by atoms with Gasteiger partial charge in [0, 0.05) is 16.3 Å². The molecule has 8 heteroatoms. The van der Waals surface area contributed by atoms with Crippen LogP contribution in [0.3, 0.4) is 0 Å². The molecule has 1 amide bonds. The maximum absolute atomic E-state index is 13.1. The van der Waals surface area contributed by atoms with Crippen LogP contribution in [0.2, 0.25) is 5.02 Å². The Kier molecular flexibility index (Phi) is 5.18. The summed E-state index contributed by atoms with van der Waals surface area (Å²) in [7, 11) is -3.56. The molecular weight excluding hydrogens is 398 g/mol. The Labute approximate surface area is 170 Å². The quantitative estimate of drug-likeness (QED) is 0.787. The van der Waals surface area contributed by atoms with E-state index in [0.717, 1.165) is 30.2 Å². The Morgan fingerprint density at radius 1 is 1.14 bits per heavy atom. The van der Waals surface area contributed by atoms with Crippen LogP contribution in [0, 0.1) is 0 Å². The number of nitrogens with one attached hydrogen (secondary N) is 2. The van der Waals surface area contributed by atoms with Crippen LogP contribution in [-0.4, -0.2) is 44.8 Å². The first-order chi connectivity index (χ1) is 13.3. The lowest BCUT2D eigenvalue weighted by Gasteiger charge is -2.31. The van der Waals surface area contributed by atoms with Gasteiger partial charge in [-0.3, -0.25) is 4.79 Å². The number of carbonyl (C=O) groups is 1. The van der Waals surface area contributed by atoms with Gasteiger partial charge < -0.3 is 10.2 Å². The zero-order valence-corrected chi connectivity index (χ0v) is 17.2. The van der Waals surface area contributed by atoms with Crippen molar-refractivity contribution < 1.29 is 18.1 Å². The molecule has 1 atom stereocenters. The van der Waals surface area contributed by atoms with Gasteiger partial charge in [-0.15, -0.1) is 0 Å². The molecule has 0 spiro atoms. The van der Waals surface area contributed by atoms with Crippen molar-refractivity contribution in [2.45, 2.75) is 24.3 Å². The normalized spacial score (nSPS) is 20.8. The van der Waals surface area contributed by atoms with Crippen LogP contribution in [0.5, 0.6) is 0 Å². The van der Waals surface area contributed by atoms with Crippen LogP contribution in [0.15, 0.2) is 47.4 Å². The Balaban J connectivity index is 1.44. The molecule has 1 fully saturated rings. The minimum atomic E-state index is -3.56. The molecule has 6 nitrogen and oxygen atoms in total. The van der Waals surface area contributed by atoms with Crippen molar-refractivity contribution in [2.24, 2.45) is 0 Å². The second kappa shape index (κ2) is 7.48. The lowest BCUT2D eigenvalue weighted by atomic mass is 10.0. The van der Waals surface area contributed by atoms with Gasteiger partial charge in [0.2, 0.25) is 15.9 Å². The van der Waals surface area contributed by atoms with E-state index in [1.165, 1.54) is 10.5 Å². The summed E-state index contributed by atoms with van der Waals surface area (Å²) in [4.78, 5) is 13.4. The number of anilines is 1. The number of benzene rings is 2.